The van der Waals surface area contributed by atoms with Gasteiger partial charge in [0.05, 0.1) is 11.6 Å². The molecule has 1 saturated heterocycles. The van der Waals surface area contributed by atoms with Gasteiger partial charge in [0.1, 0.15) is 0 Å². The van der Waals surface area contributed by atoms with Crippen molar-refractivity contribution in [2.24, 2.45) is 5.92 Å². The molecule has 5 nitrogen and oxygen atoms in total. The summed E-state index contributed by atoms with van der Waals surface area (Å²) in [5, 5.41) is 8.92. The number of hydrogen-bond acceptors (Lipinski definition) is 5. The van der Waals surface area contributed by atoms with Crippen molar-refractivity contribution >= 4 is 16.9 Å². The maximum atomic E-state index is 8.92. The van der Waals surface area contributed by atoms with E-state index in [0.29, 0.717) is 17.1 Å². The van der Waals surface area contributed by atoms with Crippen LogP contribution in [-0.2, 0) is 6.42 Å². The number of piperidine rings is 1. The standard InChI is InChI=1S/C19H18N4O/c20-12-14-5-7-16(8-6-14)23-10-2-3-15(13-23)11-18-22-19-17(24-18)4-1-9-21-19/h1,4-9,15H,2-3,10-11,13H2. The molecule has 3 heterocycles. The second-order valence-electron chi connectivity index (χ2n) is 6.25. The molecule has 1 unspecified atom stereocenters. The van der Waals surface area contributed by atoms with E-state index < -0.39 is 0 Å². The fourth-order valence-electron chi connectivity index (χ4n) is 3.36. The third-order valence-electron chi connectivity index (χ3n) is 4.55. The number of fused-ring (bicyclic) bond motifs is 1. The van der Waals surface area contributed by atoms with Crippen LogP contribution in [0.3, 0.4) is 0 Å². The third kappa shape index (κ3) is 2.95. The molecule has 0 N–H and O–H groups in total. The zero-order chi connectivity index (χ0) is 16.4. The van der Waals surface area contributed by atoms with E-state index in [-0.39, 0.29) is 0 Å². The van der Waals surface area contributed by atoms with Crippen molar-refractivity contribution in [2.75, 3.05) is 18.0 Å². The molecule has 0 spiro atoms. The predicted octanol–water partition coefficient (Wildman–Crippen LogP) is 3.55. The van der Waals surface area contributed by atoms with Crippen molar-refractivity contribution in [3.63, 3.8) is 0 Å². The van der Waals surface area contributed by atoms with Gasteiger partial charge < -0.3 is 9.32 Å². The first-order chi connectivity index (χ1) is 11.8. The highest BCUT2D eigenvalue weighted by atomic mass is 16.3. The number of rotatable bonds is 3. The van der Waals surface area contributed by atoms with Crippen LogP contribution in [0.1, 0.15) is 24.3 Å². The molecule has 0 radical (unpaired) electrons. The van der Waals surface area contributed by atoms with Gasteiger partial charge in [-0.25, -0.2) is 4.98 Å². The lowest BCUT2D eigenvalue weighted by Crippen LogP contribution is -2.36. The summed E-state index contributed by atoms with van der Waals surface area (Å²) in [6, 6.07) is 13.8. The summed E-state index contributed by atoms with van der Waals surface area (Å²) >= 11 is 0. The van der Waals surface area contributed by atoms with E-state index in [1.165, 1.54) is 12.1 Å². The maximum Gasteiger partial charge on any atom is 0.198 e. The van der Waals surface area contributed by atoms with Crippen molar-refractivity contribution in [3.8, 4) is 6.07 Å². The number of anilines is 1. The number of nitriles is 1. The Kier molecular flexibility index (Phi) is 3.87. The van der Waals surface area contributed by atoms with E-state index in [2.05, 4.69) is 20.9 Å². The highest BCUT2D eigenvalue weighted by Gasteiger charge is 2.22. The zero-order valence-electron chi connectivity index (χ0n) is 13.4. The molecule has 1 aliphatic rings. The second-order valence-corrected chi connectivity index (χ2v) is 6.25. The van der Waals surface area contributed by atoms with Crippen LogP contribution in [0.5, 0.6) is 0 Å². The van der Waals surface area contributed by atoms with Crippen LogP contribution in [0.15, 0.2) is 47.0 Å². The molecule has 3 aromatic rings. The molecule has 1 fully saturated rings. The molecule has 1 aromatic carbocycles. The second kappa shape index (κ2) is 6.32. The van der Waals surface area contributed by atoms with Gasteiger partial charge in [-0.05, 0) is 55.2 Å². The molecule has 0 aliphatic carbocycles. The van der Waals surface area contributed by atoms with Gasteiger partial charge in [-0.2, -0.15) is 10.2 Å². The fraction of sp³-hybridized carbons (Fsp3) is 0.316. The van der Waals surface area contributed by atoms with Crippen LogP contribution in [0.25, 0.3) is 11.2 Å². The summed E-state index contributed by atoms with van der Waals surface area (Å²) in [7, 11) is 0. The lowest BCUT2D eigenvalue weighted by atomic mass is 9.94. The molecule has 24 heavy (non-hydrogen) atoms. The van der Waals surface area contributed by atoms with Crippen molar-refractivity contribution < 1.29 is 4.42 Å². The third-order valence-corrected chi connectivity index (χ3v) is 4.55. The van der Waals surface area contributed by atoms with Gasteiger partial charge in [-0.3, -0.25) is 0 Å². The Bertz CT molecular complexity index is 845. The van der Waals surface area contributed by atoms with Crippen LogP contribution in [-0.4, -0.2) is 23.1 Å². The first-order valence-electron chi connectivity index (χ1n) is 8.27. The summed E-state index contributed by atoms with van der Waals surface area (Å²) in [6.45, 7) is 2.04. The normalized spacial score (nSPS) is 17.8. The maximum absolute atomic E-state index is 8.92. The number of nitrogens with zero attached hydrogens (tertiary/aromatic N) is 4. The van der Waals surface area contributed by atoms with Crippen molar-refractivity contribution in [2.45, 2.75) is 19.3 Å². The highest BCUT2D eigenvalue weighted by molar-refractivity contribution is 5.66. The van der Waals surface area contributed by atoms with Gasteiger partial charge in [-0.15, -0.1) is 0 Å². The minimum absolute atomic E-state index is 0.516. The zero-order valence-corrected chi connectivity index (χ0v) is 13.4. The lowest BCUT2D eigenvalue weighted by molar-refractivity contribution is 0.377. The van der Waals surface area contributed by atoms with E-state index in [0.717, 1.165) is 37.4 Å². The van der Waals surface area contributed by atoms with Crippen LogP contribution in [0.2, 0.25) is 0 Å². The number of hydrogen-bond donors (Lipinski definition) is 0. The summed E-state index contributed by atoms with van der Waals surface area (Å²) in [5.41, 5.74) is 3.32. The number of benzene rings is 1. The minimum Gasteiger partial charge on any atom is -0.439 e. The van der Waals surface area contributed by atoms with Gasteiger partial charge in [0.15, 0.2) is 17.1 Å². The van der Waals surface area contributed by atoms with E-state index in [4.69, 9.17) is 9.68 Å². The van der Waals surface area contributed by atoms with Crippen molar-refractivity contribution in [1.29, 1.82) is 5.26 Å². The van der Waals surface area contributed by atoms with E-state index >= 15 is 0 Å². The molecule has 4 rings (SSSR count). The lowest BCUT2D eigenvalue weighted by Gasteiger charge is -2.34. The number of oxazole rings is 1. The minimum atomic E-state index is 0.516. The quantitative estimate of drug-likeness (QED) is 0.739. The number of pyridine rings is 1. The Morgan fingerprint density at radius 2 is 2.12 bits per heavy atom. The molecule has 120 valence electrons. The van der Waals surface area contributed by atoms with Gasteiger partial charge in [-0.1, -0.05) is 0 Å². The molecule has 2 aromatic heterocycles. The molecular weight excluding hydrogens is 300 g/mol. The Morgan fingerprint density at radius 1 is 1.25 bits per heavy atom. The molecule has 5 heteroatoms. The average Bonchev–Trinajstić information content (AvgIpc) is 3.04. The smallest absolute Gasteiger partial charge is 0.198 e. The first-order valence-corrected chi connectivity index (χ1v) is 8.27. The molecular formula is C19H18N4O. The van der Waals surface area contributed by atoms with Crippen LogP contribution >= 0.6 is 0 Å². The highest BCUT2D eigenvalue weighted by Crippen LogP contribution is 2.26. The molecule has 0 bridgehead atoms. The van der Waals surface area contributed by atoms with Gasteiger partial charge in [0.25, 0.3) is 0 Å². The largest absolute Gasteiger partial charge is 0.439 e. The van der Waals surface area contributed by atoms with Gasteiger partial charge in [0.2, 0.25) is 0 Å². The summed E-state index contributed by atoms with van der Waals surface area (Å²) in [4.78, 5) is 11.1. The monoisotopic (exact) mass is 318 g/mol. The fourth-order valence-corrected chi connectivity index (χ4v) is 3.36. The molecule has 0 saturated carbocycles. The van der Waals surface area contributed by atoms with Crippen molar-refractivity contribution in [3.05, 3.63) is 54.0 Å². The Balaban J connectivity index is 1.47. The predicted molar refractivity (Wildman–Crippen MR) is 91.6 cm³/mol. The summed E-state index contributed by atoms with van der Waals surface area (Å²) < 4.78 is 5.81. The van der Waals surface area contributed by atoms with E-state index in [1.807, 2.05) is 36.4 Å². The number of aromatic nitrogens is 2. The Labute approximate surface area is 140 Å². The SMILES string of the molecule is N#Cc1ccc(N2CCCC(Cc3nc4ncccc4o3)C2)cc1. The Morgan fingerprint density at radius 3 is 2.92 bits per heavy atom. The molecule has 1 aliphatic heterocycles. The van der Waals surface area contributed by atoms with Crippen LogP contribution in [0.4, 0.5) is 5.69 Å². The van der Waals surface area contributed by atoms with Gasteiger partial charge in [0, 0.05) is 31.4 Å². The molecule has 0 amide bonds. The Hall–Kier alpha value is -2.87. The van der Waals surface area contributed by atoms with Crippen LogP contribution < -0.4 is 4.90 Å². The molecule has 1 atom stereocenters. The van der Waals surface area contributed by atoms with Crippen LogP contribution in [0, 0.1) is 17.2 Å². The topological polar surface area (TPSA) is 66.0 Å². The summed E-state index contributed by atoms with van der Waals surface area (Å²) in [6.07, 6.45) is 4.91. The first kappa shape index (κ1) is 14.7. The summed E-state index contributed by atoms with van der Waals surface area (Å²) in [5.74, 6) is 1.29. The average molecular weight is 318 g/mol. The van der Waals surface area contributed by atoms with E-state index in [1.54, 1.807) is 6.20 Å². The van der Waals surface area contributed by atoms with Gasteiger partial charge >= 0.3 is 0 Å². The van der Waals surface area contributed by atoms with Crippen molar-refractivity contribution in [1.82, 2.24) is 9.97 Å². The van der Waals surface area contributed by atoms with E-state index in [9.17, 15) is 0 Å².